The third kappa shape index (κ3) is 5.22. The fraction of sp³-hybridized carbons (Fsp3) is 0.304. The van der Waals surface area contributed by atoms with Crippen LogP contribution < -0.4 is 4.74 Å². The van der Waals surface area contributed by atoms with E-state index in [1.54, 1.807) is 0 Å². The van der Waals surface area contributed by atoms with Crippen molar-refractivity contribution < 1.29 is 4.74 Å². The van der Waals surface area contributed by atoms with E-state index >= 15 is 0 Å². The maximum absolute atomic E-state index is 6.13. The van der Waals surface area contributed by atoms with E-state index in [2.05, 4.69) is 36.7 Å². The highest BCUT2D eigenvalue weighted by molar-refractivity contribution is 5.34. The van der Waals surface area contributed by atoms with E-state index < -0.39 is 0 Å². The van der Waals surface area contributed by atoms with Crippen molar-refractivity contribution in [2.75, 3.05) is 0 Å². The number of para-hydroxylation sites is 1. The summed E-state index contributed by atoms with van der Waals surface area (Å²) in [7, 11) is 0. The molecule has 1 aliphatic carbocycles. The van der Waals surface area contributed by atoms with Crippen LogP contribution in [0.5, 0.6) is 5.75 Å². The first-order valence-electron chi connectivity index (χ1n) is 8.58. The van der Waals surface area contributed by atoms with Crippen LogP contribution in [0.25, 0.3) is 0 Å². The SMILES string of the molecule is Cc1ccccc1OC(C#CC1CC1)CCC#Cc1ccccc1. The van der Waals surface area contributed by atoms with Crippen molar-refractivity contribution in [2.45, 2.75) is 38.7 Å². The number of benzene rings is 2. The Balaban J connectivity index is 1.61. The van der Waals surface area contributed by atoms with E-state index in [1.807, 2.05) is 48.5 Å². The zero-order valence-electron chi connectivity index (χ0n) is 14.1. The van der Waals surface area contributed by atoms with Gasteiger partial charge in [0.2, 0.25) is 0 Å². The predicted octanol–water partition coefficient (Wildman–Crippen LogP) is 4.99. The van der Waals surface area contributed by atoms with Crippen LogP contribution in [-0.2, 0) is 0 Å². The van der Waals surface area contributed by atoms with E-state index in [4.69, 9.17) is 4.74 Å². The summed E-state index contributed by atoms with van der Waals surface area (Å²) in [5, 5.41) is 0. The van der Waals surface area contributed by atoms with Gasteiger partial charge in [-0.2, -0.15) is 0 Å². The van der Waals surface area contributed by atoms with E-state index in [1.165, 1.54) is 12.8 Å². The summed E-state index contributed by atoms with van der Waals surface area (Å²) >= 11 is 0. The van der Waals surface area contributed by atoms with Crippen molar-refractivity contribution in [3.8, 4) is 29.4 Å². The Morgan fingerprint density at radius 2 is 1.79 bits per heavy atom. The normalized spacial score (nSPS) is 13.9. The van der Waals surface area contributed by atoms with Gasteiger partial charge in [0.15, 0.2) is 6.10 Å². The molecule has 1 saturated carbocycles. The molecule has 0 N–H and O–H groups in total. The molecule has 0 aliphatic heterocycles. The van der Waals surface area contributed by atoms with Crippen LogP contribution in [0.15, 0.2) is 54.6 Å². The first kappa shape index (κ1) is 16.2. The van der Waals surface area contributed by atoms with E-state index in [9.17, 15) is 0 Å². The maximum Gasteiger partial charge on any atom is 0.160 e. The summed E-state index contributed by atoms with van der Waals surface area (Å²) in [6, 6.07) is 18.2. The largest absolute Gasteiger partial charge is 0.477 e. The Bertz CT molecular complexity index is 779. The molecule has 0 radical (unpaired) electrons. The minimum Gasteiger partial charge on any atom is -0.477 e. The Morgan fingerprint density at radius 1 is 1.04 bits per heavy atom. The molecular weight excluding hydrogens is 292 g/mol. The summed E-state index contributed by atoms with van der Waals surface area (Å²) < 4.78 is 6.13. The monoisotopic (exact) mass is 314 g/mol. The second kappa shape index (κ2) is 8.28. The third-order valence-corrected chi connectivity index (χ3v) is 3.93. The number of hydrogen-bond acceptors (Lipinski definition) is 1. The van der Waals surface area contributed by atoms with Gasteiger partial charge in [0.05, 0.1) is 0 Å². The lowest BCUT2D eigenvalue weighted by atomic mass is 10.1. The molecule has 120 valence electrons. The second-order valence-electron chi connectivity index (χ2n) is 6.14. The molecule has 0 heterocycles. The average molecular weight is 314 g/mol. The first-order valence-corrected chi connectivity index (χ1v) is 8.58. The topological polar surface area (TPSA) is 9.23 Å². The van der Waals surface area contributed by atoms with Gasteiger partial charge in [0, 0.05) is 24.3 Å². The number of hydrogen-bond donors (Lipinski definition) is 0. The van der Waals surface area contributed by atoms with Crippen molar-refractivity contribution >= 4 is 0 Å². The fourth-order valence-electron chi connectivity index (χ4n) is 2.33. The number of aryl methyl sites for hydroxylation is 1. The molecule has 0 bridgehead atoms. The molecule has 2 aromatic rings. The molecule has 0 saturated heterocycles. The lowest BCUT2D eigenvalue weighted by Crippen LogP contribution is -2.14. The van der Waals surface area contributed by atoms with E-state index in [0.717, 1.165) is 29.7 Å². The fourth-order valence-corrected chi connectivity index (χ4v) is 2.33. The molecule has 0 aromatic heterocycles. The number of ether oxygens (including phenoxy) is 1. The van der Waals surface area contributed by atoms with Gasteiger partial charge in [-0.15, -0.1) is 0 Å². The molecule has 2 aromatic carbocycles. The van der Waals surface area contributed by atoms with Gasteiger partial charge < -0.3 is 4.74 Å². The molecule has 1 fully saturated rings. The van der Waals surface area contributed by atoms with Gasteiger partial charge in [0.1, 0.15) is 5.75 Å². The molecule has 1 unspecified atom stereocenters. The summed E-state index contributed by atoms with van der Waals surface area (Å²) in [4.78, 5) is 0. The van der Waals surface area contributed by atoms with Crippen LogP contribution in [0, 0.1) is 36.5 Å². The van der Waals surface area contributed by atoms with E-state index in [-0.39, 0.29) is 6.10 Å². The van der Waals surface area contributed by atoms with Crippen LogP contribution in [0.1, 0.15) is 36.8 Å². The maximum atomic E-state index is 6.13. The average Bonchev–Trinajstić information content (AvgIpc) is 3.43. The highest BCUT2D eigenvalue weighted by Gasteiger charge is 2.18. The van der Waals surface area contributed by atoms with Crippen LogP contribution in [-0.4, -0.2) is 6.10 Å². The first-order chi connectivity index (χ1) is 11.8. The highest BCUT2D eigenvalue weighted by atomic mass is 16.5. The van der Waals surface area contributed by atoms with E-state index in [0.29, 0.717) is 5.92 Å². The quantitative estimate of drug-likeness (QED) is 0.723. The van der Waals surface area contributed by atoms with Crippen LogP contribution >= 0.6 is 0 Å². The molecular formula is C23H22O. The minimum atomic E-state index is -0.0863. The summed E-state index contributed by atoms with van der Waals surface area (Å²) in [5.41, 5.74) is 2.20. The van der Waals surface area contributed by atoms with Crippen LogP contribution in [0.4, 0.5) is 0 Å². The van der Waals surface area contributed by atoms with Crippen molar-refractivity contribution in [1.29, 1.82) is 0 Å². The van der Waals surface area contributed by atoms with Gasteiger partial charge in [-0.25, -0.2) is 0 Å². The minimum absolute atomic E-state index is 0.0863. The van der Waals surface area contributed by atoms with Crippen LogP contribution in [0.3, 0.4) is 0 Å². The Labute approximate surface area is 145 Å². The molecule has 3 rings (SSSR count). The zero-order chi connectivity index (χ0) is 16.6. The van der Waals surface area contributed by atoms with Crippen molar-refractivity contribution in [3.63, 3.8) is 0 Å². The zero-order valence-corrected chi connectivity index (χ0v) is 14.1. The smallest absolute Gasteiger partial charge is 0.160 e. The molecule has 1 aliphatic rings. The van der Waals surface area contributed by atoms with Gasteiger partial charge in [-0.05, 0) is 43.5 Å². The Kier molecular flexibility index (Phi) is 5.60. The van der Waals surface area contributed by atoms with Gasteiger partial charge in [-0.1, -0.05) is 60.1 Å². The molecule has 0 spiro atoms. The third-order valence-electron chi connectivity index (χ3n) is 3.93. The molecule has 24 heavy (non-hydrogen) atoms. The molecule has 1 heteroatoms. The molecule has 0 amide bonds. The lowest BCUT2D eigenvalue weighted by molar-refractivity contribution is 0.248. The van der Waals surface area contributed by atoms with Gasteiger partial charge >= 0.3 is 0 Å². The standard InChI is InChI=1S/C23H22O/c1-19-9-5-8-14-23(19)24-22(18-17-21-15-16-21)13-7-6-12-20-10-3-2-4-11-20/h2-5,8-11,14,21-22H,7,13,15-16H2,1H3. The van der Waals surface area contributed by atoms with Gasteiger partial charge in [-0.3, -0.25) is 0 Å². The Hall–Kier alpha value is -2.64. The summed E-state index contributed by atoms with van der Waals surface area (Å²) in [5.74, 6) is 14.6. The second-order valence-corrected chi connectivity index (χ2v) is 6.14. The predicted molar refractivity (Wildman–Crippen MR) is 98.6 cm³/mol. The number of rotatable bonds is 4. The van der Waals surface area contributed by atoms with Crippen LogP contribution in [0.2, 0.25) is 0 Å². The van der Waals surface area contributed by atoms with Crippen molar-refractivity contribution in [1.82, 2.24) is 0 Å². The summed E-state index contributed by atoms with van der Waals surface area (Å²) in [6.07, 6.45) is 3.99. The highest BCUT2D eigenvalue weighted by Crippen LogP contribution is 2.27. The van der Waals surface area contributed by atoms with Gasteiger partial charge in [0.25, 0.3) is 0 Å². The van der Waals surface area contributed by atoms with Crippen molar-refractivity contribution in [2.24, 2.45) is 5.92 Å². The lowest BCUT2D eigenvalue weighted by Gasteiger charge is -2.14. The Morgan fingerprint density at radius 3 is 2.54 bits per heavy atom. The molecule has 1 atom stereocenters. The molecule has 1 nitrogen and oxygen atoms in total. The summed E-state index contributed by atoms with van der Waals surface area (Å²) in [6.45, 7) is 2.07. The van der Waals surface area contributed by atoms with Crippen molar-refractivity contribution in [3.05, 3.63) is 65.7 Å².